The molecule has 0 N–H and O–H groups in total. The number of hydrogen-bond acceptors (Lipinski definition) is 3. The average Bonchev–Trinajstić information content (AvgIpc) is 3.30. The van der Waals surface area contributed by atoms with E-state index in [0.29, 0.717) is 32.6 Å². The third-order valence-corrected chi connectivity index (χ3v) is 5.97. The topological polar surface area (TPSA) is 54.8 Å². The van der Waals surface area contributed by atoms with Gasteiger partial charge in [-0.3, -0.25) is 9.59 Å². The van der Waals surface area contributed by atoms with Crippen molar-refractivity contribution in [1.82, 2.24) is 14.4 Å². The summed E-state index contributed by atoms with van der Waals surface area (Å²) in [5.74, 6) is 0.828. The molecular weight excluding hydrogens is 438 g/mol. The summed E-state index contributed by atoms with van der Waals surface area (Å²) < 4.78 is 7.52. The van der Waals surface area contributed by atoms with E-state index in [2.05, 4.69) is 16.7 Å². The van der Waals surface area contributed by atoms with Crippen molar-refractivity contribution in [2.75, 3.05) is 20.2 Å². The maximum absolute atomic E-state index is 13.5. The van der Waals surface area contributed by atoms with Crippen LogP contribution in [0.4, 0.5) is 0 Å². The van der Waals surface area contributed by atoms with Crippen LogP contribution in [0, 0.1) is 0 Å². The summed E-state index contributed by atoms with van der Waals surface area (Å²) in [5.41, 5.74) is 3.23. The second-order valence-corrected chi connectivity index (χ2v) is 8.78. The standard InChI is InChI=1S/C29H37N3O3/c1-4-11-28(33)31(17-5-2)23-29(34)32(20-24-12-7-6-8-13-24)22-26-15-10-18-30(26)21-25-14-9-16-27(19-25)35-3/h6-10,12-16,18-19H,4-5,11,17,20-23H2,1-3H3. The predicted octanol–water partition coefficient (Wildman–Crippen LogP) is 5.11. The fourth-order valence-electron chi connectivity index (χ4n) is 4.14. The lowest BCUT2D eigenvalue weighted by atomic mass is 10.2. The van der Waals surface area contributed by atoms with Gasteiger partial charge in [0, 0.05) is 37.9 Å². The maximum atomic E-state index is 13.5. The summed E-state index contributed by atoms with van der Waals surface area (Å²) in [7, 11) is 1.67. The molecule has 35 heavy (non-hydrogen) atoms. The molecular formula is C29H37N3O3. The number of methoxy groups -OCH3 is 1. The second kappa shape index (κ2) is 13.4. The van der Waals surface area contributed by atoms with E-state index >= 15 is 0 Å². The molecule has 0 fully saturated rings. The Morgan fingerprint density at radius 1 is 0.829 bits per heavy atom. The lowest BCUT2D eigenvalue weighted by Gasteiger charge is -2.28. The highest BCUT2D eigenvalue weighted by molar-refractivity contribution is 5.84. The molecule has 2 aromatic carbocycles. The maximum Gasteiger partial charge on any atom is 0.242 e. The van der Waals surface area contributed by atoms with Crippen LogP contribution < -0.4 is 4.74 Å². The molecule has 1 aromatic heterocycles. The van der Waals surface area contributed by atoms with E-state index in [-0.39, 0.29) is 18.4 Å². The first-order chi connectivity index (χ1) is 17.0. The van der Waals surface area contributed by atoms with Gasteiger partial charge in [-0.1, -0.05) is 56.3 Å². The summed E-state index contributed by atoms with van der Waals surface area (Å²) in [4.78, 5) is 29.7. The molecule has 0 spiro atoms. The first kappa shape index (κ1) is 26.1. The van der Waals surface area contributed by atoms with Gasteiger partial charge in [0.25, 0.3) is 0 Å². The molecule has 0 atom stereocenters. The molecule has 0 bridgehead atoms. The van der Waals surface area contributed by atoms with Gasteiger partial charge in [0.15, 0.2) is 0 Å². The Bertz CT molecular complexity index is 1080. The van der Waals surface area contributed by atoms with Crippen molar-refractivity contribution in [3.05, 3.63) is 89.7 Å². The summed E-state index contributed by atoms with van der Waals surface area (Å²) >= 11 is 0. The Hall–Kier alpha value is -3.54. The van der Waals surface area contributed by atoms with Crippen molar-refractivity contribution in [1.29, 1.82) is 0 Å². The van der Waals surface area contributed by atoms with E-state index in [1.165, 1.54) is 0 Å². The summed E-state index contributed by atoms with van der Waals surface area (Å²) in [6.45, 7) is 6.36. The molecule has 0 aliphatic carbocycles. The third kappa shape index (κ3) is 7.74. The number of ether oxygens (including phenoxy) is 1. The fourth-order valence-corrected chi connectivity index (χ4v) is 4.14. The van der Waals surface area contributed by atoms with Crippen LogP contribution in [0.1, 0.15) is 49.9 Å². The van der Waals surface area contributed by atoms with Crippen molar-refractivity contribution < 1.29 is 14.3 Å². The zero-order valence-corrected chi connectivity index (χ0v) is 21.2. The Morgan fingerprint density at radius 3 is 2.31 bits per heavy atom. The normalized spacial score (nSPS) is 10.7. The van der Waals surface area contributed by atoms with Crippen LogP contribution in [0.5, 0.6) is 5.75 Å². The van der Waals surface area contributed by atoms with Gasteiger partial charge in [-0.05, 0) is 48.2 Å². The predicted molar refractivity (Wildman–Crippen MR) is 139 cm³/mol. The van der Waals surface area contributed by atoms with Crippen LogP contribution in [-0.2, 0) is 29.2 Å². The highest BCUT2D eigenvalue weighted by Crippen LogP contribution is 2.17. The van der Waals surface area contributed by atoms with Crippen molar-refractivity contribution in [2.24, 2.45) is 0 Å². The minimum absolute atomic E-state index is 0.0408. The molecule has 6 heteroatoms. The average molecular weight is 476 g/mol. The minimum Gasteiger partial charge on any atom is -0.497 e. The van der Waals surface area contributed by atoms with Gasteiger partial charge >= 0.3 is 0 Å². The van der Waals surface area contributed by atoms with Crippen LogP contribution in [-0.4, -0.2) is 46.4 Å². The monoisotopic (exact) mass is 475 g/mol. The van der Waals surface area contributed by atoms with Gasteiger partial charge in [-0.2, -0.15) is 0 Å². The number of carbonyl (C=O) groups excluding carboxylic acids is 2. The molecule has 0 radical (unpaired) electrons. The lowest BCUT2D eigenvalue weighted by molar-refractivity contribution is -0.141. The Labute approximate surface area is 209 Å². The molecule has 0 saturated carbocycles. The smallest absolute Gasteiger partial charge is 0.242 e. The van der Waals surface area contributed by atoms with Gasteiger partial charge in [-0.15, -0.1) is 0 Å². The van der Waals surface area contributed by atoms with E-state index in [0.717, 1.165) is 35.4 Å². The number of benzene rings is 2. The van der Waals surface area contributed by atoms with E-state index in [9.17, 15) is 9.59 Å². The van der Waals surface area contributed by atoms with Gasteiger partial charge in [0.1, 0.15) is 5.75 Å². The number of amides is 2. The molecule has 0 unspecified atom stereocenters. The Morgan fingerprint density at radius 2 is 1.60 bits per heavy atom. The van der Waals surface area contributed by atoms with Gasteiger partial charge in [0.05, 0.1) is 20.2 Å². The molecule has 0 aliphatic rings. The van der Waals surface area contributed by atoms with Crippen LogP contribution in [0.3, 0.4) is 0 Å². The van der Waals surface area contributed by atoms with Crippen molar-refractivity contribution >= 4 is 11.8 Å². The SMILES string of the molecule is CCCC(=O)N(CCC)CC(=O)N(Cc1ccccc1)Cc1cccn1Cc1cccc(OC)c1. The van der Waals surface area contributed by atoms with E-state index < -0.39 is 0 Å². The van der Waals surface area contributed by atoms with Gasteiger partial charge < -0.3 is 19.1 Å². The molecule has 3 aromatic rings. The summed E-state index contributed by atoms with van der Waals surface area (Å²) in [6, 6.07) is 22.1. The Kier molecular flexibility index (Phi) is 9.96. The third-order valence-electron chi connectivity index (χ3n) is 5.97. The van der Waals surface area contributed by atoms with Crippen molar-refractivity contribution in [3.8, 4) is 5.75 Å². The lowest BCUT2D eigenvalue weighted by Crippen LogP contribution is -2.43. The number of hydrogen-bond donors (Lipinski definition) is 0. The molecule has 0 aliphatic heterocycles. The van der Waals surface area contributed by atoms with Crippen LogP contribution >= 0.6 is 0 Å². The minimum atomic E-state index is -0.0408. The van der Waals surface area contributed by atoms with Crippen molar-refractivity contribution in [3.63, 3.8) is 0 Å². The quantitative estimate of drug-likeness (QED) is 0.345. The second-order valence-electron chi connectivity index (χ2n) is 8.78. The Balaban J connectivity index is 1.80. The zero-order chi connectivity index (χ0) is 25.0. The molecule has 186 valence electrons. The zero-order valence-electron chi connectivity index (χ0n) is 21.2. The van der Waals surface area contributed by atoms with E-state index in [1.807, 2.05) is 79.5 Å². The van der Waals surface area contributed by atoms with Gasteiger partial charge in [0.2, 0.25) is 11.8 Å². The van der Waals surface area contributed by atoms with Crippen LogP contribution in [0.25, 0.3) is 0 Å². The fraction of sp³-hybridized carbons (Fsp3) is 0.379. The highest BCUT2D eigenvalue weighted by atomic mass is 16.5. The summed E-state index contributed by atoms with van der Waals surface area (Å²) in [5, 5.41) is 0. The first-order valence-corrected chi connectivity index (χ1v) is 12.4. The molecule has 1 heterocycles. The van der Waals surface area contributed by atoms with E-state index in [1.54, 1.807) is 12.0 Å². The molecule has 6 nitrogen and oxygen atoms in total. The van der Waals surface area contributed by atoms with Crippen molar-refractivity contribution in [2.45, 2.75) is 52.7 Å². The number of nitrogens with zero attached hydrogens (tertiary/aromatic N) is 3. The largest absolute Gasteiger partial charge is 0.497 e. The number of carbonyl (C=O) groups is 2. The summed E-state index contributed by atoms with van der Waals surface area (Å²) in [6.07, 6.45) is 4.10. The van der Waals surface area contributed by atoms with Crippen LogP contribution in [0.2, 0.25) is 0 Å². The number of aromatic nitrogens is 1. The van der Waals surface area contributed by atoms with Crippen LogP contribution in [0.15, 0.2) is 72.9 Å². The molecule has 0 saturated heterocycles. The highest BCUT2D eigenvalue weighted by Gasteiger charge is 2.22. The first-order valence-electron chi connectivity index (χ1n) is 12.4. The molecule has 2 amide bonds. The van der Waals surface area contributed by atoms with Gasteiger partial charge in [-0.25, -0.2) is 0 Å². The molecule has 3 rings (SSSR count). The number of rotatable bonds is 13. The van der Waals surface area contributed by atoms with E-state index in [4.69, 9.17) is 4.74 Å².